The Bertz CT molecular complexity index is 532. The summed E-state index contributed by atoms with van der Waals surface area (Å²) < 4.78 is 14.9. The van der Waals surface area contributed by atoms with Gasteiger partial charge in [-0.3, -0.25) is 0 Å². The summed E-state index contributed by atoms with van der Waals surface area (Å²) in [4.78, 5) is 11.1. The van der Waals surface area contributed by atoms with Gasteiger partial charge < -0.3 is 13.9 Å². The van der Waals surface area contributed by atoms with Crippen LogP contribution in [0.2, 0.25) is 0 Å². The summed E-state index contributed by atoms with van der Waals surface area (Å²) in [6.45, 7) is 1.98. The number of carbonyl (C=O) groups excluding carboxylic acids is 1. The number of hydrogen-bond donors (Lipinski definition) is 0. The van der Waals surface area contributed by atoms with Crippen molar-refractivity contribution in [3.05, 3.63) is 29.8 Å². The fraction of sp³-hybridized carbons (Fsp3) is 0.250. The molecule has 0 spiro atoms. The third kappa shape index (κ3) is 2.79. The van der Waals surface area contributed by atoms with Crippen LogP contribution in [0.25, 0.3) is 11.0 Å². The van der Waals surface area contributed by atoms with E-state index in [2.05, 4.69) is 20.7 Å². The van der Waals surface area contributed by atoms with E-state index < -0.39 is 6.16 Å². The van der Waals surface area contributed by atoms with E-state index in [-0.39, 0.29) is 12.6 Å². The number of rotatable bonds is 3. The molecule has 0 aliphatic carbocycles. The highest BCUT2D eigenvalue weighted by atomic mass is 79.9. The number of fused-ring (bicyclic) bond motifs is 1. The first-order valence-electron chi connectivity index (χ1n) is 5.16. The van der Waals surface area contributed by atoms with E-state index in [9.17, 15) is 4.79 Å². The molecule has 2 aromatic rings. The van der Waals surface area contributed by atoms with Crippen molar-refractivity contribution >= 4 is 33.1 Å². The summed E-state index contributed by atoms with van der Waals surface area (Å²) >= 11 is 3.37. The Labute approximate surface area is 107 Å². The van der Waals surface area contributed by atoms with Gasteiger partial charge in [0.2, 0.25) is 0 Å². The molecule has 0 radical (unpaired) electrons. The number of halogens is 1. The number of carbonyl (C=O) groups is 1. The van der Waals surface area contributed by atoms with Crippen molar-refractivity contribution in [3.8, 4) is 5.95 Å². The van der Waals surface area contributed by atoms with E-state index in [0.717, 1.165) is 16.3 Å². The van der Waals surface area contributed by atoms with Crippen LogP contribution < -0.4 is 4.74 Å². The van der Waals surface area contributed by atoms with Crippen LogP contribution in [0.5, 0.6) is 5.95 Å². The van der Waals surface area contributed by atoms with Crippen molar-refractivity contribution in [1.29, 1.82) is 0 Å². The Balaban J connectivity index is 2.22. The van der Waals surface area contributed by atoms with E-state index >= 15 is 0 Å². The van der Waals surface area contributed by atoms with Crippen LogP contribution in [0.1, 0.15) is 12.5 Å². The van der Waals surface area contributed by atoms with Gasteiger partial charge in [-0.05, 0) is 24.6 Å². The number of hydrogen-bond acceptors (Lipinski definition) is 4. The Kier molecular flexibility index (Phi) is 3.68. The van der Waals surface area contributed by atoms with Gasteiger partial charge in [-0.15, -0.1) is 0 Å². The zero-order valence-corrected chi connectivity index (χ0v) is 10.8. The lowest BCUT2D eigenvalue weighted by Gasteiger charge is -1.98. The molecule has 0 saturated carbocycles. The maximum atomic E-state index is 11.1. The Morgan fingerprint density at radius 1 is 1.41 bits per heavy atom. The quantitative estimate of drug-likeness (QED) is 0.638. The average molecular weight is 299 g/mol. The van der Waals surface area contributed by atoms with E-state index in [0.29, 0.717) is 5.58 Å². The summed E-state index contributed by atoms with van der Waals surface area (Å²) in [5.74, 6) is 0.144. The lowest BCUT2D eigenvalue weighted by atomic mass is 10.2. The fourth-order valence-electron chi connectivity index (χ4n) is 1.43. The SMILES string of the molecule is CCOC(=O)Oc1cc2cc(CBr)ccc2o1. The van der Waals surface area contributed by atoms with Crippen molar-refractivity contribution in [2.24, 2.45) is 0 Å². The zero-order valence-electron chi connectivity index (χ0n) is 9.23. The third-order valence-corrected chi connectivity index (χ3v) is 2.81. The molecule has 0 aliphatic heterocycles. The summed E-state index contributed by atoms with van der Waals surface area (Å²) in [5.41, 5.74) is 1.80. The normalized spacial score (nSPS) is 10.5. The molecule has 0 saturated heterocycles. The van der Waals surface area contributed by atoms with Gasteiger partial charge in [0.15, 0.2) is 0 Å². The molecule has 17 heavy (non-hydrogen) atoms. The first kappa shape index (κ1) is 12.0. The van der Waals surface area contributed by atoms with E-state index in [4.69, 9.17) is 9.15 Å². The largest absolute Gasteiger partial charge is 0.516 e. The minimum Gasteiger partial charge on any atom is -0.434 e. The monoisotopic (exact) mass is 298 g/mol. The second-order valence-electron chi connectivity index (χ2n) is 3.36. The molecule has 0 bridgehead atoms. The van der Waals surface area contributed by atoms with E-state index in [1.54, 1.807) is 13.0 Å². The standard InChI is InChI=1S/C12H11BrO4/c1-2-15-12(14)17-11-6-9-5-8(7-13)3-4-10(9)16-11/h3-6H,2,7H2,1H3. The highest BCUT2D eigenvalue weighted by molar-refractivity contribution is 9.08. The van der Waals surface area contributed by atoms with E-state index in [1.165, 1.54) is 0 Å². The summed E-state index contributed by atoms with van der Waals surface area (Å²) in [5, 5.41) is 1.66. The van der Waals surface area contributed by atoms with Gasteiger partial charge in [-0.2, -0.15) is 0 Å². The molecule has 1 aromatic carbocycles. The Morgan fingerprint density at radius 2 is 2.24 bits per heavy atom. The second-order valence-corrected chi connectivity index (χ2v) is 3.92. The molecular formula is C12H11BrO4. The number of furan rings is 1. The predicted molar refractivity (Wildman–Crippen MR) is 66.5 cm³/mol. The van der Waals surface area contributed by atoms with Gasteiger partial charge >= 0.3 is 6.16 Å². The van der Waals surface area contributed by atoms with Gasteiger partial charge in [0.05, 0.1) is 6.61 Å². The van der Waals surface area contributed by atoms with Crippen molar-refractivity contribution in [1.82, 2.24) is 0 Å². The average Bonchev–Trinajstić information content (AvgIpc) is 2.69. The summed E-state index contributed by atoms with van der Waals surface area (Å²) in [7, 11) is 0. The van der Waals surface area contributed by atoms with Crippen LogP contribution >= 0.6 is 15.9 Å². The Hall–Kier alpha value is -1.49. The lowest BCUT2D eigenvalue weighted by molar-refractivity contribution is 0.0957. The highest BCUT2D eigenvalue weighted by Crippen LogP contribution is 2.26. The molecule has 0 unspecified atom stereocenters. The van der Waals surface area contributed by atoms with Crippen molar-refractivity contribution < 1.29 is 18.7 Å². The van der Waals surface area contributed by atoms with Crippen LogP contribution in [0.15, 0.2) is 28.7 Å². The molecule has 0 atom stereocenters. The highest BCUT2D eigenvalue weighted by Gasteiger charge is 2.10. The van der Waals surface area contributed by atoms with Gasteiger partial charge in [0, 0.05) is 16.8 Å². The minimum absolute atomic E-state index is 0.144. The summed E-state index contributed by atoms with van der Waals surface area (Å²) in [6, 6.07) is 7.41. The predicted octanol–water partition coefficient (Wildman–Crippen LogP) is 3.86. The molecule has 1 aromatic heterocycles. The van der Waals surface area contributed by atoms with E-state index in [1.807, 2.05) is 18.2 Å². The molecular weight excluding hydrogens is 288 g/mol. The van der Waals surface area contributed by atoms with Crippen molar-refractivity contribution in [2.75, 3.05) is 6.61 Å². The van der Waals surface area contributed by atoms with Crippen LogP contribution in [0.3, 0.4) is 0 Å². The Morgan fingerprint density at radius 3 is 2.94 bits per heavy atom. The van der Waals surface area contributed by atoms with Crippen LogP contribution in [0.4, 0.5) is 4.79 Å². The minimum atomic E-state index is -0.757. The second kappa shape index (κ2) is 5.23. The number of benzene rings is 1. The smallest absolute Gasteiger partial charge is 0.434 e. The van der Waals surface area contributed by atoms with Gasteiger partial charge in [0.25, 0.3) is 5.95 Å². The fourth-order valence-corrected chi connectivity index (χ4v) is 1.78. The maximum Gasteiger partial charge on any atom is 0.516 e. The molecule has 2 rings (SSSR count). The number of ether oxygens (including phenoxy) is 2. The third-order valence-electron chi connectivity index (χ3n) is 2.16. The van der Waals surface area contributed by atoms with Crippen molar-refractivity contribution in [2.45, 2.75) is 12.3 Å². The molecule has 0 amide bonds. The van der Waals surface area contributed by atoms with Crippen LogP contribution in [0, 0.1) is 0 Å². The van der Waals surface area contributed by atoms with Crippen molar-refractivity contribution in [3.63, 3.8) is 0 Å². The number of alkyl halides is 1. The molecule has 1 heterocycles. The van der Waals surface area contributed by atoms with Gasteiger partial charge in [0.1, 0.15) is 5.58 Å². The molecule has 90 valence electrons. The summed E-state index contributed by atoms with van der Waals surface area (Å²) in [6.07, 6.45) is -0.757. The molecule has 0 N–H and O–H groups in total. The molecule has 4 nitrogen and oxygen atoms in total. The van der Waals surface area contributed by atoms with Crippen LogP contribution in [-0.4, -0.2) is 12.8 Å². The first-order chi connectivity index (χ1) is 8.22. The van der Waals surface area contributed by atoms with Gasteiger partial charge in [-0.25, -0.2) is 4.79 Å². The maximum absolute atomic E-state index is 11.1. The topological polar surface area (TPSA) is 48.7 Å². The molecule has 0 fully saturated rings. The van der Waals surface area contributed by atoms with Crippen LogP contribution in [-0.2, 0) is 10.1 Å². The van der Waals surface area contributed by atoms with Gasteiger partial charge in [-0.1, -0.05) is 22.0 Å². The molecule has 0 aliphatic rings. The molecule has 5 heteroatoms. The first-order valence-corrected chi connectivity index (χ1v) is 6.28. The zero-order chi connectivity index (χ0) is 12.3. The lowest BCUT2D eigenvalue weighted by Crippen LogP contribution is -2.09.